The summed E-state index contributed by atoms with van der Waals surface area (Å²) in [6.45, 7) is 0.794. The van der Waals surface area contributed by atoms with Crippen LogP contribution in [0.3, 0.4) is 0 Å². The molecule has 1 atom stereocenters. The van der Waals surface area contributed by atoms with E-state index >= 15 is 0 Å². The van der Waals surface area contributed by atoms with Gasteiger partial charge in [0.2, 0.25) is 0 Å². The molecule has 0 aromatic carbocycles. The topological polar surface area (TPSA) is 125 Å². The third-order valence-corrected chi connectivity index (χ3v) is 1.42. The van der Waals surface area contributed by atoms with Crippen LogP contribution in [0.15, 0.2) is 0 Å². The number of aliphatic hydroxyl groups excluding tert-OH is 1. The lowest BCUT2D eigenvalue weighted by Crippen LogP contribution is -2.39. The van der Waals surface area contributed by atoms with Crippen molar-refractivity contribution in [2.24, 2.45) is 5.73 Å². The predicted molar refractivity (Wildman–Crippen MR) is 48.7 cm³/mol. The number of hydrogen-bond donors (Lipinski definition) is 5. The molecule has 0 fully saturated rings. The highest BCUT2D eigenvalue weighted by molar-refractivity contribution is 5.74. The molecule has 0 saturated heterocycles. The summed E-state index contributed by atoms with van der Waals surface area (Å²) >= 11 is 0. The molecule has 0 aromatic rings. The molecular weight excluding hydrogens is 190 g/mol. The zero-order valence-corrected chi connectivity index (χ0v) is 7.69. The van der Waals surface area contributed by atoms with Crippen molar-refractivity contribution in [3.63, 3.8) is 0 Å². The fourth-order valence-electron chi connectivity index (χ4n) is 0.694. The molecular formula is C7H15N3O4. The number of aliphatic hydroxyl groups is 1. The van der Waals surface area contributed by atoms with Crippen molar-refractivity contribution in [2.75, 3.05) is 19.6 Å². The molecule has 0 heterocycles. The van der Waals surface area contributed by atoms with Crippen molar-refractivity contribution in [2.45, 2.75) is 12.5 Å². The number of nitrogens with two attached hydrogens (primary N) is 1. The molecule has 6 N–H and O–H groups in total. The van der Waals surface area contributed by atoms with Crippen LogP contribution >= 0.6 is 0 Å². The van der Waals surface area contributed by atoms with Gasteiger partial charge in [-0.05, 0) is 0 Å². The van der Waals surface area contributed by atoms with Crippen LogP contribution in [0.5, 0.6) is 0 Å². The molecule has 0 rings (SSSR count). The van der Waals surface area contributed by atoms with E-state index < -0.39 is 18.1 Å². The van der Waals surface area contributed by atoms with E-state index in [1.54, 1.807) is 0 Å². The summed E-state index contributed by atoms with van der Waals surface area (Å²) in [7, 11) is 0. The summed E-state index contributed by atoms with van der Waals surface area (Å²) < 4.78 is 0. The summed E-state index contributed by atoms with van der Waals surface area (Å²) in [4.78, 5) is 21.0. The van der Waals surface area contributed by atoms with E-state index in [1.807, 2.05) is 0 Å². The number of carboxylic acids is 1. The summed E-state index contributed by atoms with van der Waals surface area (Å²) in [5.41, 5.74) is 5.13. The predicted octanol–water partition coefficient (Wildman–Crippen LogP) is -1.92. The number of rotatable bonds is 6. The Morgan fingerprint density at radius 1 is 1.29 bits per heavy atom. The smallest absolute Gasteiger partial charge is 0.332 e. The lowest BCUT2D eigenvalue weighted by atomic mass is 10.2. The molecule has 7 nitrogen and oxygen atoms in total. The average molecular weight is 205 g/mol. The number of hydrogen-bond acceptors (Lipinski definition) is 4. The van der Waals surface area contributed by atoms with Crippen LogP contribution in [0.4, 0.5) is 4.79 Å². The van der Waals surface area contributed by atoms with Gasteiger partial charge in [-0.1, -0.05) is 0 Å². The summed E-state index contributed by atoms with van der Waals surface area (Å²) in [5, 5.41) is 21.9. The molecule has 82 valence electrons. The molecule has 0 spiro atoms. The van der Waals surface area contributed by atoms with Gasteiger partial charge in [0.15, 0.2) is 6.10 Å². The van der Waals surface area contributed by atoms with Gasteiger partial charge < -0.3 is 26.6 Å². The van der Waals surface area contributed by atoms with Crippen molar-refractivity contribution >= 4 is 12.0 Å². The number of carbonyl (C=O) groups is 2. The molecule has 0 aromatic heterocycles. The van der Waals surface area contributed by atoms with Gasteiger partial charge in [0.1, 0.15) is 0 Å². The maximum Gasteiger partial charge on any atom is 0.332 e. The van der Waals surface area contributed by atoms with Gasteiger partial charge in [0.25, 0.3) is 0 Å². The van der Waals surface area contributed by atoms with Crippen LogP contribution in [0.25, 0.3) is 0 Å². The average Bonchev–Trinajstić information content (AvgIpc) is 2.14. The van der Waals surface area contributed by atoms with E-state index in [2.05, 4.69) is 10.6 Å². The lowest BCUT2D eigenvalue weighted by molar-refractivity contribution is -0.146. The SMILES string of the molecule is NCCNC(=O)NCC[C@H](O)C(=O)O. The Bertz CT molecular complexity index is 197. The first-order valence-corrected chi connectivity index (χ1v) is 4.20. The van der Waals surface area contributed by atoms with Crippen LogP contribution in [0.1, 0.15) is 6.42 Å². The molecule has 14 heavy (non-hydrogen) atoms. The minimum Gasteiger partial charge on any atom is -0.479 e. The number of nitrogens with one attached hydrogen (secondary N) is 2. The molecule has 0 saturated carbocycles. The van der Waals surface area contributed by atoms with Gasteiger partial charge in [0, 0.05) is 26.1 Å². The maximum absolute atomic E-state index is 10.8. The monoisotopic (exact) mass is 205 g/mol. The number of aliphatic carboxylic acids is 1. The van der Waals surface area contributed by atoms with Crippen molar-refractivity contribution < 1.29 is 19.8 Å². The highest BCUT2D eigenvalue weighted by Crippen LogP contribution is 1.88. The Kier molecular flexibility index (Phi) is 6.42. The molecule has 0 radical (unpaired) electrons. The van der Waals surface area contributed by atoms with Crippen molar-refractivity contribution in [3.05, 3.63) is 0 Å². The number of amides is 2. The van der Waals surface area contributed by atoms with Gasteiger partial charge in [-0.3, -0.25) is 0 Å². The Morgan fingerprint density at radius 2 is 1.86 bits per heavy atom. The standard InChI is InChI=1S/C7H15N3O4/c8-2-4-10-7(14)9-3-1-5(11)6(12)13/h5,11H,1-4,8H2,(H,12,13)(H2,9,10,14)/t5-/m0/s1. The van der Waals surface area contributed by atoms with E-state index in [4.69, 9.17) is 15.9 Å². The van der Waals surface area contributed by atoms with Crippen LogP contribution in [0, 0.1) is 0 Å². The Labute approximate surface area is 81.3 Å². The summed E-state index contributed by atoms with van der Waals surface area (Å²) in [5.74, 6) is -1.30. The highest BCUT2D eigenvalue weighted by atomic mass is 16.4. The van der Waals surface area contributed by atoms with Crippen molar-refractivity contribution in [1.29, 1.82) is 0 Å². The molecule has 0 aliphatic heterocycles. The fourth-order valence-corrected chi connectivity index (χ4v) is 0.694. The van der Waals surface area contributed by atoms with Gasteiger partial charge in [-0.2, -0.15) is 0 Å². The minimum absolute atomic E-state index is 0.0224. The third kappa shape index (κ3) is 6.21. The number of carboxylic acid groups (broad SMARTS) is 1. The number of carbonyl (C=O) groups excluding carboxylic acids is 1. The quantitative estimate of drug-likeness (QED) is 0.345. The minimum atomic E-state index is -1.44. The van der Waals surface area contributed by atoms with E-state index in [9.17, 15) is 9.59 Å². The normalized spacial score (nSPS) is 11.9. The zero-order chi connectivity index (χ0) is 11.0. The largest absolute Gasteiger partial charge is 0.479 e. The first kappa shape index (κ1) is 12.7. The molecule has 0 bridgehead atoms. The van der Waals surface area contributed by atoms with Crippen LogP contribution in [-0.2, 0) is 4.79 Å². The molecule has 0 aliphatic carbocycles. The second-order valence-electron chi connectivity index (χ2n) is 2.61. The zero-order valence-electron chi connectivity index (χ0n) is 7.69. The molecule has 2 amide bonds. The van der Waals surface area contributed by atoms with Crippen LogP contribution in [0.2, 0.25) is 0 Å². The van der Waals surface area contributed by atoms with Crippen molar-refractivity contribution in [1.82, 2.24) is 10.6 Å². The van der Waals surface area contributed by atoms with E-state index in [1.165, 1.54) is 0 Å². The van der Waals surface area contributed by atoms with Crippen LogP contribution in [-0.4, -0.2) is 48.0 Å². The van der Waals surface area contributed by atoms with Gasteiger partial charge in [-0.15, -0.1) is 0 Å². The Hall–Kier alpha value is -1.34. The lowest BCUT2D eigenvalue weighted by Gasteiger charge is -2.07. The Balaban J connectivity index is 3.44. The first-order valence-electron chi connectivity index (χ1n) is 4.20. The second kappa shape index (κ2) is 7.10. The van der Waals surface area contributed by atoms with E-state index in [-0.39, 0.29) is 13.0 Å². The number of urea groups is 1. The van der Waals surface area contributed by atoms with Crippen molar-refractivity contribution in [3.8, 4) is 0 Å². The second-order valence-corrected chi connectivity index (χ2v) is 2.61. The maximum atomic E-state index is 10.8. The van der Waals surface area contributed by atoms with Crippen LogP contribution < -0.4 is 16.4 Å². The van der Waals surface area contributed by atoms with Gasteiger partial charge in [-0.25, -0.2) is 9.59 Å². The summed E-state index contributed by atoms with van der Waals surface area (Å²) in [6, 6.07) is -0.423. The van der Waals surface area contributed by atoms with E-state index in [0.717, 1.165) is 0 Å². The fraction of sp³-hybridized carbons (Fsp3) is 0.714. The summed E-state index contributed by atoms with van der Waals surface area (Å²) in [6.07, 6.45) is -1.46. The first-order chi connectivity index (χ1) is 6.57. The molecule has 7 heteroatoms. The third-order valence-electron chi connectivity index (χ3n) is 1.42. The van der Waals surface area contributed by atoms with Gasteiger partial charge >= 0.3 is 12.0 Å². The Morgan fingerprint density at radius 3 is 2.36 bits per heavy atom. The van der Waals surface area contributed by atoms with Gasteiger partial charge in [0.05, 0.1) is 0 Å². The molecule has 0 unspecified atom stereocenters. The highest BCUT2D eigenvalue weighted by Gasteiger charge is 2.12. The molecule has 0 aliphatic rings. The van der Waals surface area contributed by atoms with E-state index in [0.29, 0.717) is 13.1 Å².